The Bertz CT molecular complexity index is 992. The quantitative estimate of drug-likeness (QED) is 0.211. The molecule has 2 unspecified atom stereocenters. The molecule has 1 aliphatic rings. The van der Waals surface area contributed by atoms with Crippen molar-refractivity contribution >= 4 is 5.71 Å². The van der Waals surface area contributed by atoms with E-state index in [2.05, 4.69) is 93.4 Å². The zero-order chi connectivity index (χ0) is 26.0. The van der Waals surface area contributed by atoms with E-state index in [1.807, 2.05) is 12.3 Å². The number of hydrogen-bond acceptors (Lipinski definition) is 4. The van der Waals surface area contributed by atoms with Crippen LogP contribution in [0.4, 0.5) is 0 Å². The van der Waals surface area contributed by atoms with Crippen LogP contribution in [0, 0.1) is 5.92 Å². The molecule has 1 aromatic rings. The molecule has 0 saturated carbocycles. The number of morpholine rings is 1. The zero-order valence-corrected chi connectivity index (χ0v) is 23.2. The highest BCUT2D eigenvalue weighted by atomic mass is 16.5. The van der Waals surface area contributed by atoms with E-state index < -0.39 is 0 Å². The fraction of sp³-hybridized carbons (Fsp3) is 0.533. The predicted octanol–water partition coefficient (Wildman–Crippen LogP) is 7.04. The van der Waals surface area contributed by atoms with Crippen LogP contribution in [0.3, 0.4) is 0 Å². The van der Waals surface area contributed by atoms with Crippen molar-refractivity contribution in [3.8, 4) is 0 Å². The minimum Gasteiger partial charge on any atom is -0.377 e. The van der Waals surface area contributed by atoms with E-state index >= 15 is 0 Å². The first-order chi connectivity index (χ1) is 16.8. The van der Waals surface area contributed by atoms with Gasteiger partial charge in [-0.1, -0.05) is 45.1 Å². The third-order valence-corrected chi connectivity index (χ3v) is 7.18. The number of aromatic amines is 1. The summed E-state index contributed by atoms with van der Waals surface area (Å²) < 4.78 is 5.75. The molecule has 0 amide bonds. The summed E-state index contributed by atoms with van der Waals surface area (Å²) in [6, 6.07) is 2.29. The van der Waals surface area contributed by atoms with Gasteiger partial charge in [-0.15, -0.1) is 0 Å². The molecule has 2 rings (SSSR count). The third-order valence-electron chi connectivity index (χ3n) is 7.18. The van der Waals surface area contributed by atoms with Gasteiger partial charge in [-0.25, -0.2) is 0 Å². The highest BCUT2D eigenvalue weighted by molar-refractivity contribution is 6.13. The monoisotopic (exact) mass is 478 g/mol. The number of ether oxygens (including phenoxy) is 1. The number of nitrogens with zero attached hydrogens (tertiary/aromatic N) is 3. The lowest BCUT2D eigenvalue weighted by molar-refractivity contribution is 0.0120. The Balaban J connectivity index is 2.67. The van der Waals surface area contributed by atoms with Crippen LogP contribution in [0.1, 0.15) is 73.4 Å². The Morgan fingerprint density at radius 2 is 2.11 bits per heavy atom. The maximum atomic E-state index is 5.75. The number of aliphatic imine (C=N–C) groups is 1. The lowest BCUT2D eigenvalue weighted by Crippen LogP contribution is -2.44. The molecular formula is C30H46N4O. The first-order valence-corrected chi connectivity index (χ1v) is 13.0. The smallest absolute Gasteiger partial charge is 0.111 e. The fourth-order valence-electron chi connectivity index (χ4n) is 4.49. The summed E-state index contributed by atoms with van der Waals surface area (Å²) in [7, 11) is 1.81. The van der Waals surface area contributed by atoms with Crippen LogP contribution < -0.4 is 0 Å². The molecule has 5 nitrogen and oxygen atoms in total. The number of rotatable bonds is 11. The summed E-state index contributed by atoms with van der Waals surface area (Å²) in [5.74, 6) is 0.437. The van der Waals surface area contributed by atoms with Gasteiger partial charge in [-0.2, -0.15) is 5.10 Å². The molecule has 0 radical (unpaired) electrons. The van der Waals surface area contributed by atoms with Crippen LogP contribution in [0.15, 0.2) is 75.6 Å². The maximum absolute atomic E-state index is 5.75. The first-order valence-electron chi connectivity index (χ1n) is 13.0. The minimum atomic E-state index is 0.351. The van der Waals surface area contributed by atoms with Gasteiger partial charge in [0.25, 0.3) is 0 Å². The summed E-state index contributed by atoms with van der Waals surface area (Å²) in [6.07, 6.45) is 11.9. The Morgan fingerprint density at radius 3 is 2.66 bits per heavy atom. The van der Waals surface area contributed by atoms with E-state index in [9.17, 15) is 0 Å². The van der Waals surface area contributed by atoms with E-state index in [1.165, 1.54) is 22.4 Å². The van der Waals surface area contributed by atoms with E-state index in [0.29, 0.717) is 12.0 Å². The van der Waals surface area contributed by atoms with Gasteiger partial charge in [-0.3, -0.25) is 10.1 Å². The summed E-state index contributed by atoms with van der Waals surface area (Å²) in [5, 5.41) is 7.27. The molecule has 1 fully saturated rings. The predicted molar refractivity (Wildman–Crippen MR) is 150 cm³/mol. The number of allylic oxidation sites excluding steroid dienone is 9. The van der Waals surface area contributed by atoms with Gasteiger partial charge in [0.1, 0.15) is 5.69 Å². The SMILES string of the molecule is C=C(/C(=N\C)c1cc[nH]n1)/C(C)=C(\C=C(/C(C)CC)N1CCOCC1C)C(/C)=C/C/C(=C\C)CC. The zero-order valence-electron chi connectivity index (χ0n) is 23.2. The minimum absolute atomic E-state index is 0.351. The number of nitrogens with one attached hydrogen (secondary N) is 1. The van der Waals surface area contributed by atoms with E-state index in [-0.39, 0.29) is 0 Å². The molecule has 0 aliphatic carbocycles. The first kappa shape index (κ1) is 28.6. The molecule has 0 spiro atoms. The Kier molecular flexibility index (Phi) is 11.5. The molecule has 1 saturated heterocycles. The second-order valence-electron chi connectivity index (χ2n) is 9.44. The van der Waals surface area contributed by atoms with Gasteiger partial charge in [-0.05, 0) is 87.3 Å². The van der Waals surface area contributed by atoms with Crippen LogP contribution >= 0.6 is 0 Å². The highest BCUT2D eigenvalue weighted by Crippen LogP contribution is 2.31. The highest BCUT2D eigenvalue weighted by Gasteiger charge is 2.25. The second-order valence-corrected chi connectivity index (χ2v) is 9.44. The molecule has 35 heavy (non-hydrogen) atoms. The van der Waals surface area contributed by atoms with Gasteiger partial charge in [0.05, 0.1) is 18.9 Å². The molecule has 192 valence electrons. The topological polar surface area (TPSA) is 53.5 Å². The fourth-order valence-corrected chi connectivity index (χ4v) is 4.49. The largest absolute Gasteiger partial charge is 0.377 e. The van der Waals surface area contributed by atoms with Crippen LogP contribution in [-0.4, -0.2) is 53.7 Å². The molecule has 2 heterocycles. The molecule has 0 bridgehead atoms. The van der Waals surface area contributed by atoms with Gasteiger partial charge < -0.3 is 9.64 Å². The summed E-state index contributed by atoms with van der Waals surface area (Å²) in [4.78, 5) is 7.09. The summed E-state index contributed by atoms with van der Waals surface area (Å²) in [5.41, 5.74) is 8.95. The molecule has 1 aromatic heterocycles. The van der Waals surface area contributed by atoms with Gasteiger partial charge in [0.15, 0.2) is 0 Å². The normalized spacial score (nSPS) is 20.1. The van der Waals surface area contributed by atoms with Crippen molar-refractivity contribution in [2.45, 2.75) is 73.8 Å². The van der Waals surface area contributed by atoms with E-state index in [1.54, 1.807) is 7.05 Å². The van der Waals surface area contributed by atoms with Gasteiger partial charge in [0, 0.05) is 31.5 Å². The van der Waals surface area contributed by atoms with Crippen molar-refractivity contribution in [1.29, 1.82) is 0 Å². The lowest BCUT2D eigenvalue weighted by atomic mass is 9.89. The van der Waals surface area contributed by atoms with Crippen molar-refractivity contribution in [3.05, 3.63) is 76.3 Å². The molecule has 2 atom stereocenters. The van der Waals surface area contributed by atoms with Crippen LogP contribution in [-0.2, 0) is 4.74 Å². The van der Waals surface area contributed by atoms with Crippen molar-refractivity contribution in [2.75, 3.05) is 26.8 Å². The number of H-pyrrole nitrogens is 1. The Hall–Kier alpha value is -2.66. The van der Waals surface area contributed by atoms with Crippen LogP contribution in [0.2, 0.25) is 0 Å². The van der Waals surface area contributed by atoms with Crippen molar-refractivity contribution in [1.82, 2.24) is 15.1 Å². The molecule has 5 heteroatoms. The standard InChI is InChI=1S/C30H46N4O/c1-10-21(4)29(34-17-18-35-20-23(34)6)19-27(22(5)13-14-26(11-2)12-3)24(7)25(8)30(31-9)28-15-16-32-33-28/h11,13,15-16,19,21,23H,8,10,12,14,17-18,20H2,1-7,9H3,(H,32,33)/b22-13+,26-11-,27-24+,29-19+,31-30+. The number of hydrogen-bond donors (Lipinski definition) is 1. The van der Waals surface area contributed by atoms with Crippen LogP contribution in [0.5, 0.6) is 0 Å². The van der Waals surface area contributed by atoms with Crippen molar-refractivity contribution in [3.63, 3.8) is 0 Å². The molecule has 1 aliphatic heterocycles. The lowest BCUT2D eigenvalue weighted by Gasteiger charge is -2.39. The average molecular weight is 479 g/mol. The third kappa shape index (κ3) is 7.41. The average Bonchev–Trinajstić information content (AvgIpc) is 3.40. The number of aromatic nitrogens is 2. The Labute approximate surface area is 213 Å². The van der Waals surface area contributed by atoms with Crippen LogP contribution in [0.25, 0.3) is 0 Å². The Morgan fingerprint density at radius 1 is 1.37 bits per heavy atom. The molecular weight excluding hydrogens is 432 g/mol. The van der Waals surface area contributed by atoms with Crippen molar-refractivity contribution in [2.24, 2.45) is 10.9 Å². The summed E-state index contributed by atoms with van der Waals surface area (Å²) >= 11 is 0. The van der Waals surface area contributed by atoms with Crippen molar-refractivity contribution < 1.29 is 4.74 Å². The molecule has 0 aromatic carbocycles. The van der Waals surface area contributed by atoms with Gasteiger partial charge >= 0.3 is 0 Å². The van der Waals surface area contributed by atoms with E-state index in [0.717, 1.165) is 61.6 Å². The maximum Gasteiger partial charge on any atom is 0.111 e. The van der Waals surface area contributed by atoms with Gasteiger partial charge in [0.2, 0.25) is 0 Å². The molecule has 1 N–H and O–H groups in total. The summed E-state index contributed by atoms with van der Waals surface area (Å²) in [6.45, 7) is 22.5. The van der Waals surface area contributed by atoms with E-state index in [4.69, 9.17) is 4.74 Å². The second kappa shape index (κ2) is 14.0.